The molecule has 2 aliphatic carbocycles. The number of ether oxygens (including phenoxy) is 2. The van der Waals surface area contributed by atoms with E-state index in [2.05, 4.69) is 5.32 Å². The molecule has 6 heteroatoms. The average molecular weight is 426 g/mol. The molecule has 0 bridgehead atoms. The number of carbonyl (C=O) groups is 1. The average Bonchev–Trinajstić information content (AvgIpc) is 3.58. The van der Waals surface area contributed by atoms with E-state index >= 15 is 0 Å². The number of rotatable bonds is 8. The quantitative estimate of drug-likeness (QED) is 0.605. The summed E-state index contributed by atoms with van der Waals surface area (Å²) in [5, 5.41) is 24.2. The van der Waals surface area contributed by atoms with E-state index in [1.54, 1.807) is 0 Å². The zero-order valence-corrected chi connectivity index (χ0v) is 17.9. The van der Waals surface area contributed by atoms with Crippen LogP contribution in [0.5, 0.6) is 0 Å². The van der Waals surface area contributed by atoms with Gasteiger partial charge < -0.3 is 25.0 Å². The van der Waals surface area contributed by atoms with Crippen LogP contribution in [0, 0.1) is 6.92 Å². The monoisotopic (exact) mass is 425 g/mol. The molecule has 0 unspecified atom stereocenters. The number of aliphatic hydroxyl groups excluding tert-OH is 2. The second-order valence-corrected chi connectivity index (χ2v) is 8.82. The molecule has 0 heterocycles. The molecule has 0 saturated heterocycles. The topological polar surface area (TPSA) is 88.0 Å². The van der Waals surface area contributed by atoms with Gasteiger partial charge in [-0.15, -0.1) is 0 Å². The predicted octanol–water partition coefficient (Wildman–Crippen LogP) is 2.63. The van der Waals surface area contributed by atoms with Gasteiger partial charge in [0, 0.05) is 18.9 Å². The maximum Gasteiger partial charge on any atom is 0.252 e. The summed E-state index contributed by atoms with van der Waals surface area (Å²) in [6.45, 7) is 2.54. The summed E-state index contributed by atoms with van der Waals surface area (Å²) in [5.74, 6) is -0.234. The molecule has 0 radical (unpaired) electrons. The molecular formula is C25H31NO5. The number of benzene rings is 2. The van der Waals surface area contributed by atoms with Gasteiger partial charge in [-0.3, -0.25) is 4.79 Å². The number of hydrogen-bond acceptors (Lipinski definition) is 5. The third kappa shape index (κ3) is 5.52. The van der Waals surface area contributed by atoms with Crippen LogP contribution < -0.4 is 5.32 Å². The fourth-order valence-electron chi connectivity index (χ4n) is 4.11. The van der Waals surface area contributed by atoms with E-state index in [0.717, 1.165) is 29.5 Å². The number of aliphatic hydroxyl groups is 2. The summed E-state index contributed by atoms with van der Waals surface area (Å²) >= 11 is 0. The molecule has 1 amide bonds. The second-order valence-electron chi connectivity index (χ2n) is 8.82. The van der Waals surface area contributed by atoms with Gasteiger partial charge in [-0.25, -0.2) is 0 Å². The lowest BCUT2D eigenvalue weighted by atomic mass is 9.78. The van der Waals surface area contributed by atoms with Crippen molar-refractivity contribution >= 4 is 5.91 Å². The van der Waals surface area contributed by atoms with Gasteiger partial charge in [0.25, 0.3) is 5.91 Å². The van der Waals surface area contributed by atoms with Crippen molar-refractivity contribution in [3.63, 3.8) is 0 Å². The van der Waals surface area contributed by atoms with Crippen molar-refractivity contribution in [2.24, 2.45) is 0 Å². The highest BCUT2D eigenvalue weighted by molar-refractivity contribution is 5.86. The fourth-order valence-corrected chi connectivity index (χ4v) is 4.11. The Balaban J connectivity index is 1.52. The van der Waals surface area contributed by atoms with Crippen molar-refractivity contribution < 1.29 is 24.5 Å². The van der Waals surface area contributed by atoms with E-state index in [1.165, 1.54) is 0 Å². The van der Waals surface area contributed by atoms with Crippen molar-refractivity contribution in [3.05, 3.63) is 71.3 Å². The Labute approximate surface area is 183 Å². The Morgan fingerprint density at radius 3 is 2.48 bits per heavy atom. The summed E-state index contributed by atoms with van der Waals surface area (Å²) in [6.07, 6.45) is -0.777. The zero-order chi connectivity index (χ0) is 21.8. The highest BCUT2D eigenvalue weighted by Crippen LogP contribution is 2.36. The molecular weight excluding hydrogens is 394 g/mol. The van der Waals surface area contributed by atoms with Gasteiger partial charge in [0.05, 0.1) is 25.4 Å². The van der Waals surface area contributed by atoms with E-state index in [0.29, 0.717) is 0 Å². The van der Waals surface area contributed by atoms with E-state index < -0.39 is 23.9 Å². The summed E-state index contributed by atoms with van der Waals surface area (Å²) < 4.78 is 12.2. The molecule has 4 rings (SSSR count). The molecule has 2 saturated carbocycles. The summed E-state index contributed by atoms with van der Waals surface area (Å²) in [5.41, 5.74) is 1.77. The summed E-state index contributed by atoms with van der Waals surface area (Å²) in [6, 6.07) is 17.7. The largest absolute Gasteiger partial charge is 0.390 e. The first-order chi connectivity index (χ1) is 14.9. The molecule has 4 atom stereocenters. The van der Waals surface area contributed by atoms with E-state index in [4.69, 9.17) is 9.47 Å². The van der Waals surface area contributed by atoms with Gasteiger partial charge in [0.2, 0.25) is 0 Å². The SMILES string of the molecule is Cc1cccc(CO[C@@]2(C(=O)NC3CC3)C[C@@H](O)[C@@H](O)[C@@H](OCc3ccccc3)C2)c1. The molecule has 2 aliphatic rings. The summed E-state index contributed by atoms with van der Waals surface area (Å²) in [4.78, 5) is 13.2. The molecule has 2 fully saturated rings. The minimum atomic E-state index is -1.26. The molecule has 0 spiro atoms. The fraction of sp³-hybridized carbons (Fsp3) is 0.480. The first-order valence-corrected chi connectivity index (χ1v) is 11.0. The minimum absolute atomic E-state index is 0.0315. The van der Waals surface area contributed by atoms with E-state index in [9.17, 15) is 15.0 Å². The Bertz CT molecular complexity index is 884. The molecule has 166 valence electrons. The smallest absolute Gasteiger partial charge is 0.252 e. The van der Waals surface area contributed by atoms with Crippen molar-refractivity contribution in [2.45, 2.75) is 75.8 Å². The molecule has 6 nitrogen and oxygen atoms in total. The highest BCUT2D eigenvalue weighted by Gasteiger charge is 2.52. The van der Waals surface area contributed by atoms with Gasteiger partial charge in [-0.05, 0) is 30.9 Å². The van der Waals surface area contributed by atoms with Gasteiger partial charge in [0.1, 0.15) is 6.10 Å². The van der Waals surface area contributed by atoms with Crippen LogP contribution in [0.3, 0.4) is 0 Å². The Kier molecular flexibility index (Phi) is 6.72. The standard InChI is InChI=1S/C25H31NO5/c1-17-6-5-9-19(12-17)16-31-25(24(29)26-20-10-11-20)13-21(27)23(28)22(14-25)30-15-18-7-3-2-4-8-18/h2-9,12,20-23,27-28H,10-11,13-16H2,1H3,(H,26,29)/t21-,22+,23-,25+/m1/s1. The van der Waals surface area contributed by atoms with Gasteiger partial charge >= 0.3 is 0 Å². The molecule has 2 aromatic rings. The van der Waals surface area contributed by atoms with Gasteiger partial charge in [-0.2, -0.15) is 0 Å². The maximum absolute atomic E-state index is 13.2. The lowest BCUT2D eigenvalue weighted by Crippen LogP contribution is -2.60. The van der Waals surface area contributed by atoms with Crippen LogP contribution in [-0.2, 0) is 27.5 Å². The normalized spacial score (nSPS) is 28.3. The third-order valence-corrected chi connectivity index (χ3v) is 6.08. The molecule has 2 aromatic carbocycles. The van der Waals surface area contributed by atoms with Gasteiger partial charge in [0.15, 0.2) is 5.60 Å². The Morgan fingerprint density at radius 2 is 1.77 bits per heavy atom. The summed E-state index contributed by atoms with van der Waals surface area (Å²) in [7, 11) is 0. The lowest BCUT2D eigenvalue weighted by molar-refractivity contribution is -0.200. The minimum Gasteiger partial charge on any atom is -0.390 e. The van der Waals surface area contributed by atoms with Crippen LogP contribution in [0.2, 0.25) is 0 Å². The first-order valence-electron chi connectivity index (χ1n) is 11.0. The van der Waals surface area contributed by atoms with E-state index in [-0.39, 0.29) is 38.0 Å². The van der Waals surface area contributed by atoms with Crippen molar-refractivity contribution in [1.82, 2.24) is 5.32 Å². The van der Waals surface area contributed by atoms with Crippen LogP contribution in [0.1, 0.15) is 42.4 Å². The lowest BCUT2D eigenvalue weighted by Gasteiger charge is -2.44. The second kappa shape index (κ2) is 9.49. The van der Waals surface area contributed by atoms with Crippen LogP contribution in [0.25, 0.3) is 0 Å². The van der Waals surface area contributed by atoms with Crippen LogP contribution in [0.4, 0.5) is 0 Å². The number of carbonyl (C=O) groups excluding carboxylic acids is 1. The van der Waals surface area contributed by atoms with Crippen molar-refractivity contribution in [1.29, 1.82) is 0 Å². The molecule has 0 aromatic heterocycles. The predicted molar refractivity (Wildman–Crippen MR) is 116 cm³/mol. The van der Waals surface area contributed by atoms with Crippen molar-refractivity contribution in [3.8, 4) is 0 Å². The molecule has 0 aliphatic heterocycles. The zero-order valence-electron chi connectivity index (χ0n) is 17.9. The number of amides is 1. The first kappa shape index (κ1) is 22.0. The Morgan fingerprint density at radius 1 is 1.03 bits per heavy atom. The van der Waals surface area contributed by atoms with Crippen LogP contribution in [0.15, 0.2) is 54.6 Å². The number of nitrogens with one attached hydrogen (secondary N) is 1. The number of aryl methyl sites for hydroxylation is 1. The van der Waals surface area contributed by atoms with E-state index in [1.807, 2.05) is 61.5 Å². The third-order valence-electron chi connectivity index (χ3n) is 6.08. The Hall–Kier alpha value is -2.25. The molecule has 3 N–H and O–H groups in total. The van der Waals surface area contributed by atoms with Gasteiger partial charge in [-0.1, -0.05) is 60.2 Å². The van der Waals surface area contributed by atoms with Crippen LogP contribution in [-0.4, -0.2) is 46.1 Å². The van der Waals surface area contributed by atoms with Crippen molar-refractivity contribution in [2.75, 3.05) is 0 Å². The maximum atomic E-state index is 13.2. The highest BCUT2D eigenvalue weighted by atomic mass is 16.5. The van der Waals surface area contributed by atoms with Crippen LogP contribution >= 0.6 is 0 Å². The number of hydrogen-bond donors (Lipinski definition) is 3. The molecule has 31 heavy (non-hydrogen) atoms.